The van der Waals surface area contributed by atoms with Gasteiger partial charge in [0.15, 0.2) is 0 Å². The van der Waals surface area contributed by atoms with Crippen LogP contribution in [0.25, 0.3) is 0 Å². The first-order chi connectivity index (χ1) is 9.60. The van der Waals surface area contributed by atoms with Crippen LogP contribution in [0.4, 0.5) is 5.95 Å². The number of aromatic nitrogens is 2. The lowest BCUT2D eigenvalue weighted by atomic mass is 10.1. The standard InChI is InChI=1S/C16H21N3O/c1-5-8-17-16-18-10-13(4)15(19-16)20-14-7-6-11(2)12(3)9-14/h6-7,9-10H,5,8H2,1-4H3,(H,17,18,19). The molecule has 0 unspecified atom stereocenters. The molecule has 1 N–H and O–H groups in total. The number of hydrogen-bond donors (Lipinski definition) is 1. The van der Waals surface area contributed by atoms with Crippen LogP contribution in [0.3, 0.4) is 0 Å². The summed E-state index contributed by atoms with van der Waals surface area (Å²) in [6.07, 6.45) is 2.81. The largest absolute Gasteiger partial charge is 0.439 e. The van der Waals surface area contributed by atoms with Gasteiger partial charge in [0.1, 0.15) is 5.75 Å². The van der Waals surface area contributed by atoms with Gasteiger partial charge in [0.2, 0.25) is 11.8 Å². The van der Waals surface area contributed by atoms with E-state index in [0.717, 1.165) is 24.3 Å². The van der Waals surface area contributed by atoms with E-state index in [9.17, 15) is 0 Å². The van der Waals surface area contributed by atoms with Crippen LogP contribution in [0.15, 0.2) is 24.4 Å². The second-order valence-corrected chi connectivity index (χ2v) is 4.96. The van der Waals surface area contributed by atoms with Gasteiger partial charge in [0.25, 0.3) is 0 Å². The van der Waals surface area contributed by atoms with Gasteiger partial charge < -0.3 is 10.1 Å². The van der Waals surface area contributed by atoms with E-state index in [0.29, 0.717) is 11.8 Å². The quantitative estimate of drug-likeness (QED) is 0.892. The lowest BCUT2D eigenvalue weighted by molar-refractivity contribution is 0.457. The van der Waals surface area contributed by atoms with Gasteiger partial charge in [-0.1, -0.05) is 13.0 Å². The number of ether oxygens (including phenoxy) is 1. The summed E-state index contributed by atoms with van der Waals surface area (Å²) in [5, 5.41) is 3.17. The summed E-state index contributed by atoms with van der Waals surface area (Å²) >= 11 is 0. The highest BCUT2D eigenvalue weighted by Crippen LogP contribution is 2.25. The van der Waals surface area contributed by atoms with Gasteiger partial charge >= 0.3 is 0 Å². The van der Waals surface area contributed by atoms with Gasteiger partial charge in [-0.25, -0.2) is 4.98 Å². The Morgan fingerprint density at radius 2 is 1.90 bits per heavy atom. The first kappa shape index (κ1) is 14.3. The monoisotopic (exact) mass is 271 g/mol. The van der Waals surface area contributed by atoms with Crippen molar-refractivity contribution >= 4 is 5.95 Å². The van der Waals surface area contributed by atoms with Crippen LogP contribution in [0.2, 0.25) is 0 Å². The zero-order chi connectivity index (χ0) is 14.5. The molecule has 0 aliphatic carbocycles. The molecular formula is C16H21N3O. The van der Waals surface area contributed by atoms with Crippen molar-refractivity contribution in [2.24, 2.45) is 0 Å². The Hall–Kier alpha value is -2.10. The fourth-order valence-corrected chi connectivity index (χ4v) is 1.74. The first-order valence-corrected chi connectivity index (χ1v) is 6.92. The van der Waals surface area contributed by atoms with Crippen molar-refractivity contribution < 1.29 is 4.74 Å². The Morgan fingerprint density at radius 1 is 1.10 bits per heavy atom. The molecule has 2 rings (SSSR count). The van der Waals surface area contributed by atoms with Crippen LogP contribution in [0.1, 0.15) is 30.0 Å². The van der Waals surface area contributed by atoms with E-state index in [1.54, 1.807) is 6.20 Å². The molecule has 0 fully saturated rings. The average molecular weight is 271 g/mol. The third-order valence-electron chi connectivity index (χ3n) is 3.15. The zero-order valence-electron chi connectivity index (χ0n) is 12.5. The maximum absolute atomic E-state index is 5.87. The molecule has 2 aromatic rings. The average Bonchev–Trinajstić information content (AvgIpc) is 2.44. The van der Waals surface area contributed by atoms with Gasteiger partial charge in [-0.2, -0.15) is 4.98 Å². The Kier molecular flexibility index (Phi) is 4.56. The topological polar surface area (TPSA) is 47.0 Å². The third kappa shape index (κ3) is 3.47. The Bertz CT molecular complexity index is 596. The van der Waals surface area contributed by atoms with Gasteiger partial charge in [-0.15, -0.1) is 0 Å². The summed E-state index contributed by atoms with van der Waals surface area (Å²) in [5.41, 5.74) is 3.38. The minimum atomic E-state index is 0.599. The van der Waals surface area contributed by atoms with Crippen molar-refractivity contribution in [3.05, 3.63) is 41.1 Å². The number of nitrogens with zero attached hydrogens (tertiary/aromatic N) is 2. The zero-order valence-corrected chi connectivity index (χ0v) is 12.5. The van der Waals surface area contributed by atoms with E-state index >= 15 is 0 Å². The fraction of sp³-hybridized carbons (Fsp3) is 0.375. The maximum Gasteiger partial charge on any atom is 0.226 e. The Labute approximate surface area is 120 Å². The smallest absolute Gasteiger partial charge is 0.226 e. The van der Waals surface area contributed by atoms with E-state index in [2.05, 4.69) is 42.1 Å². The number of aryl methyl sites for hydroxylation is 3. The lowest BCUT2D eigenvalue weighted by Crippen LogP contribution is -2.05. The van der Waals surface area contributed by atoms with Gasteiger partial charge in [-0.3, -0.25) is 0 Å². The van der Waals surface area contributed by atoms with E-state index in [1.165, 1.54) is 11.1 Å². The number of benzene rings is 1. The molecule has 0 bridgehead atoms. The first-order valence-electron chi connectivity index (χ1n) is 6.92. The van der Waals surface area contributed by atoms with Crippen molar-refractivity contribution in [3.63, 3.8) is 0 Å². The Balaban J connectivity index is 2.20. The molecule has 1 heterocycles. The molecule has 1 aromatic heterocycles. The van der Waals surface area contributed by atoms with Gasteiger partial charge in [-0.05, 0) is 50.5 Å². The number of nitrogens with one attached hydrogen (secondary N) is 1. The molecule has 0 saturated heterocycles. The van der Waals surface area contributed by atoms with E-state index in [4.69, 9.17) is 4.74 Å². The van der Waals surface area contributed by atoms with Crippen LogP contribution >= 0.6 is 0 Å². The summed E-state index contributed by atoms with van der Waals surface area (Å²) < 4.78 is 5.87. The molecule has 1 aromatic carbocycles. The molecule has 0 radical (unpaired) electrons. The van der Waals surface area contributed by atoms with Crippen molar-refractivity contribution in [2.75, 3.05) is 11.9 Å². The minimum Gasteiger partial charge on any atom is -0.439 e. The van der Waals surface area contributed by atoms with Gasteiger partial charge in [0.05, 0.1) is 0 Å². The molecule has 106 valence electrons. The second-order valence-electron chi connectivity index (χ2n) is 4.96. The molecule has 0 aliphatic rings. The number of anilines is 1. The molecule has 0 saturated carbocycles. The number of hydrogen-bond acceptors (Lipinski definition) is 4. The molecule has 20 heavy (non-hydrogen) atoms. The van der Waals surface area contributed by atoms with Crippen molar-refractivity contribution in [1.82, 2.24) is 9.97 Å². The molecular weight excluding hydrogens is 250 g/mol. The van der Waals surface area contributed by atoms with Crippen LogP contribution in [-0.4, -0.2) is 16.5 Å². The summed E-state index contributed by atoms with van der Waals surface area (Å²) in [6, 6.07) is 6.04. The summed E-state index contributed by atoms with van der Waals surface area (Å²) in [5.74, 6) is 2.01. The number of rotatable bonds is 5. The predicted molar refractivity (Wildman–Crippen MR) is 81.5 cm³/mol. The molecule has 4 nitrogen and oxygen atoms in total. The summed E-state index contributed by atoms with van der Waals surface area (Å²) in [7, 11) is 0. The molecule has 0 aliphatic heterocycles. The summed E-state index contributed by atoms with van der Waals surface area (Å²) in [4.78, 5) is 8.66. The SMILES string of the molecule is CCCNc1ncc(C)c(Oc2ccc(C)c(C)c2)n1. The highest BCUT2D eigenvalue weighted by Gasteiger charge is 2.07. The highest BCUT2D eigenvalue weighted by molar-refractivity contribution is 5.39. The lowest BCUT2D eigenvalue weighted by Gasteiger charge is -2.10. The molecule has 0 atom stereocenters. The molecule has 0 spiro atoms. The van der Waals surface area contributed by atoms with E-state index < -0.39 is 0 Å². The van der Waals surface area contributed by atoms with Crippen LogP contribution in [-0.2, 0) is 0 Å². The van der Waals surface area contributed by atoms with Crippen LogP contribution < -0.4 is 10.1 Å². The Morgan fingerprint density at radius 3 is 2.60 bits per heavy atom. The molecule has 4 heteroatoms. The normalized spacial score (nSPS) is 10.4. The molecule has 0 amide bonds. The predicted octanol–water partition coefficient (Wildman–Crippen LogP) is 4.02. The highest BCUT2D eigenvalue weighted by atomic mass is 16.5. The van der Waals surface area contributed by atoms with Gasteiger partial charge in [0, 0.05) is 18.3 Å². The van der Waals surface area contributed by atoms with Crippen LogP contribution in [0.5, 0.6) is 11.6 Å². The minimum absolute atomic E-state index is 0.599. The third-order valence-corrected chi connectivity index (χ3v) is 3.15. The van der Waals surface area contributed by atoms with Crippen molar-refractivity contribution in [1.29, 1.82) is 0 Å². The fourth-order valence-electron chi connectivity index (χ4n) is 1.74. The summed E-state index contributed by atoms with van der Waals surface area (Å²) in [6.45, 7) is 9.06. The van der Waals surface area contributed by atoms with Crippen molar-refractivity contribution in [3.8, 4) is 11.6 Å². The van der Waals surface area contributed by atoms with E-state index in [1.807, 2.05) is 19.1 Å². The van der Waals surface area contributed by atoms with Crippen LogP contribution in [0, 0.1) is 20.8 Å². The van der Waals surface area contributed by atoms with E-state index in [-0.39, 0.29) is 0 Å². The van der Waals surface area contributed by atoms with Crippen molar-refractivity contribution in [2.45, 2.75) is 34.1 Å². The maximum atomic E-state index is 5.87. The second kappa shape index (κ2) is 6.37.